The summed E-state index contributed by atoms with van der Waals surface area (Å²) in [5, 5.41) is 2.95. The molecule has 2 aliphatic heterocycles. The van der Waals surface area contributed by atoms with Crippen LogP contribution in [0.4, 0.5) is 5.13 Å². The Balaban J connectivity index is 1.90. The topological polar surface area (TPSA) is 36.4 Å². The Morgan fingerprint density at radius 3 is 3.29 bits per heavy atom. The normalized spacial score (nSPS) is 26.0. The highest BCUT2D eigenvalue weighted by Crippen LogP contribution is 2.28. The van der Waals surface area contributed by atoms with Gasteiger partial charge in [-0.3, -0.25) is 4.79 Å². The van der Waals surface area contributed by atoms with E-state index in [4.69, 9.17) is 0 Å². The molecule has 1 amide bonds. The molecule has 1 unspecified atom stereocenters. The lowest BCUT2D eigenvalue weighted by atomic mass is 10.2. The standard InChI is InChI=1S/C9H11N3OS/c13-8-6-12(9-10-2-4-14-9)7-1-3-11(8)5-7/h2,4,7H,1,3,5-6H2. The first-order valence-corrected chi connectivity index (χ1v) is 5.66. The summed E-state index contributed by atoms with van der Waals surface area (Å²) in [6.45, 7) is 2.32. The Bertz CT molecular complexity index is 351. The lowest BCUT2D eigenvalue weighted by Crippen LogP contribution is -2.50. The fraction of sp³-hybridized carbons (Fsp3) is 0.556. The highest BCUT2D eigenvalue weighted by atomic mass is 32.1. The van der Waals surface area contributed by atoms with E-state index in [9.17, 15) is 4.79 Å². The Labute approximate surface area is 86.2 Å². The van der Waals surface area contributed by atoms with Gasteiger partial charge >= 0.3 is 0 Å². The third-order valence-corrected chi connectivity index (χ3v) is 3.74. The fourth-order valence-corrected chi connectivity index (χ4v) is 2.89. The van der Waals surface area contributed by atoms with Gasteiger partial charge in [0.2, 0.25) is 5.91 Å². The molecule has 1 aromatic heterocycles. The summed E-state index contributed by atoms with van der Waals surface area (Å²) in [4.78, 5) is 20.0. The number of fused-ring (bicyclic) bond motifs is 2. The van der Waals surface area contributed by atoms with Gasteiger partial charge in [-0.05, 0) is 6.42 Å². The van der Waals surface area contributed by atoms with Gasteiger partial charge < -0.3 is 9.80 Å². The van der Waals surface area contributed by atoms with Gasteiger partial charge in [-0.15, -0.1) is 11.3 Å². The molecule has 2 bridgehead atoms. The molecule has 2 fully saturated rings. The fourth-order valence-electron chi connectivity index (χ4n) is 2.18. The smallest absolute Gasteiger partial charge is 0.242 e. The first-order valence-electron chi connectivity index (χ1n) is 4.78. The van der Waals surface area contributed by atoms with Crippen molar-refractivity contribution in [3.05, 3.63) is 11.6 Å². The molecular formula is C9H11N3OS. The number of hydrogen-bond acceptors (Lipinski definition) is 4. The molecule has 0 radical (unpaired) electrons. The van der Waals surface area contributed by atoms with Crippen molar-refractivity contribution < 1.29 is 4.79 Å². The van der Waals surface area contributed by atoms with Gasteiger partial charge in [0.05, 0.1) is 12.6 Å². The second-order valence-electron chi connectivity index (χ2n) is 3.72. The Kier molecular flexibility index (Phi) is 1.73. The second kappa shape index (κ2) is 2.95. The molecule has 0 N–H and O–H groups in total. The van der Waals surface area contributed by atoms with Crippen LogP contribution in [0.25, 0.3) is 0 Å². The summed E-state index contributed by atoms with van der Waals surface area (Å²) in [5.74, 6) is 0.244. The zero-order valence-electron chi connectivity index (χ0n) is 7.72. The van der Waals surface area contributed by atoms with Crippen LogP contribution in [-0.2, 0) is 4.79 Å². The van der Waals surface area contributed by atoms with E-state index in [1.54, 1.807) is 17.5 Å². The van der Waals surface area contributed by atoms with Crippen molar-refractivity contribution in [2.24, 2.45) is 0 Å². The van der Waals surface area contributed by atoms with Gasteiger partial charge in [0.25, 0.3) is 0 Å². The van der Waals surface area contributed by atoms with Crippen molar-refractivity contribution >= 4 is 22.4 Å². The summed E-state index contributed by atoms with van der Waals surface area (Å²) in [7, 11) is 0. The van der Waals surface area contributed by atoms with Crippen LogP contribution in [0.5, 0.6) is 0 Å². The Morgan fingerprint density at radius 2 is 2.50 bits per heavy atom. The van der Waals surface area contributed by atoms with Gasteiger partial charge in [-0.1, -0.05) is 0 Å². The van der Waals surface area contributed by atoms with E-state index in [-0.39, 0.29) is 5.91 Å². The minimum atomic E-state index is 0.244. The molecule has 0 spiro atoms. The van der Waals surface area contributed by atoms with Gasteiger partial charge in [-0.2, -0.15) is 0 Å². The molecule has 1 aromatic rings. The summed E-state index contributed by atoms with van der Waals surface area (Å²) in [6.07, 6.45) is 2.89. The number of nitrogens with zero attached hydrogens (tertiary/aromatic N) is 3. The van der Waals surface area contributed by atoms with E-state index in [0.29, 0.717) is 12.6 Å². The molecule has 2 saturated heterocycles. The molecule has 5 heteroatoms. The molecule has 0 aliphatic carbocycles. The predicted molar refractivity (Wildman–Crippen MR) is 54.4 cm³/mol. The SMILES string of the molecule is O=C1CN(c2nccs2)C2CCN1C2. The van der Waals surface area contributed by atoms with Crippen molar-refractivity contribution in [2.75, 3.05) is 24.5 Å². The zero-order valence-corrected chi connectivity index (χ0v) is 8.54. The largest absolute Gasteiger partial charge is 0.339 e. The molecule has 4 nitrogen and oxygen atoms in total. The molecule has 14 heavy (non-hydrogen) atoms. The van der Waals surface area contributed by atoms with Crippen molar-refractivity contribution in [1.29, 1.82) is 0 Å². The van der Waals surface area contributed by atoms with Crippen LogP contribution in [0.15, 0.2) is 11.6 Å². The average Bonchev–Trinajstić information content (AvgIpc) is 2.83. The van der Waals surface area contributed by atoms with E-state index in [1.165, 1.54) is 0 Å². The van der Waals surface area contributed by atoms with E-state index < -0.39 is 0 Å². The van der Waals surface area contributed by atoms with Crippen LogP contribution in [0, 0.1) is 0 Å². The van der Waals surface area contributed by atoms with E-state index >= 15 is 0 Å². The lowest BCUT2D eigenvalue weighted by Gasteiger charge is -2.33. The number of thiazole rings is 1. The first kappa shape index (κ1) is 8.23. The summed E-state index contributed by atoms with van der Waals surface area (Å²) in [6, 6.07) is 0.499. The number of rotatable bonds is 1. The van der Waals surface area contributed by atoms with Crippen LogP contribution >= 0.6 is 11.3 Å². The minimum absolute atomic E-state index is 0.244. The summed E-state index contributed by atoms with van der Waals surface area (Å²) < 4.78 is 0. The third-order valence-electron chi connectivity index (χ3n) is 2.93. The summed E-state index contributed by atoms with van der Waals surface area (Å²) in [5.41, 5.74) is 0. The molecule has 74 valence electrons. The van der Waals surface area contributed by atoms with E-state index in [2.05, 4.69) is 9.88 Å². The number of aromatic nitrogens is 1. The molecule has 2 aliphatic rings. The molecule has 3 heterocycles. The minimum Gasteiger partial charge on any atom is -0.339 e. The number of hydrogen-bond donors (Lipinski definition) is 0. The van der Waals surface area contributed by atoms with E-state index in [1.807, 2.05) is 10.3 Å². The number of carbonyl (C=O) groups excluding carboxylic acids is 1. The molecule has 3 rings (SSSR count). The molecule has 0 aromatic carbocycles. The number of anilines is 1. The maximum absolute atomic E-state index is 11.6. The van der Waals surface area contributed by atoms with Crippen molar-refractivity contribution in [3.8, 4) is 0 Å². The third kappa shape index (κ3) is 1.12. The van der Waals surface area contributed by atoms with Gasteiger partial charge in [0.1, 0.15) is 0 Å². The summed E-state index contributed by atoms with van der Waals surface area (Å²) >= 11 is 1.61. The van der Waals surface area contributed by atoms with Crippen molar-refractivity contribution in [3.63, 3.8) is 0 Å². The second-order valence-corrected chi connectivity index (χ2v) is 4.60. The molecule has 1 atom stereocenters. The van der Waals surface area contributed by atoms with Gasteiger partial charge in [0.15, 0.2) is 5.13 Å². The van der Waals surface area contributed by atoms with Crippen LogP contribution < -0.4 is 4.90 Å². The van der Waals surface area contributed by atoms with Gasteiger partial charge in [0, 0.05) is 24.7 Å². The van der Waals surface area contributed by atoms with Crippen LogP contribution in [0.2, 0.25) is 0 Å². The maximum atomic E-state index is 11.6. The first-order chi connectivity index (χ1) is 6.84. The van der Waals surface area contributed by atoms with Crippen molar-refractivity contribution in [2.45, 2.75) is 12.5 Å². The monoisotopic (exact) mass is 209 g/mol. The molecule has 0 saturated carbocycles. The highest BCUT2D eigenvalue weighted by molar-refractivity contribution is 7.13. The quantitative estimate of drug-likeness (QED) is 0.678. The lowest BCUT2D eigenvalue weighted by molar-refractivity contribution is -0.129. The molecular weight excluding hydrogens is 198 g/mol. The highest BCUT2D eigenvalue weighted by Gasteiger charge is 2.37. The predicted octanol–water partition coefficient (Wildman–Crippen LogP) is 0.564. The van der Waals surface area contributed by atoms with Crippen LogP contribution in [0.1, 0.15) is 6.42 Å². The zero-order chi connectivity index (χ0) is 9.54. The van der Waals surface area contributed by atoms with Crippen LogP contribution in [-0.4, -0.2) is 41.5 Å². The van der Waals surface area contributed by atoms with E-state index in [0.717, 1.165) is 24.6 Å². The number of piperazine rings is 1. The number of carbonyl (C=O) groups is 1. The van der Waals surface area contributed by atoms with Crippen LogP contribution in [0.3, 0.4) is 0 Å². The van der Waals surface area contributed by atoms with Crippen molar-refractivity contribution in [1.82, 2.24) is 9.88 Å². The Hall–Kier alpha value is -1.10. The van der Waals surface area contributed by atoms with Gasteiger partial charge in [-0.25, -0.2) is 4.98 Å². The number of amides is 1. The Morgan fingerprint density at radius 1 is 1.57 bits per heavy atom. The maximum Gasteiger partial charge on any atom is 0.242 e. The average molecular weight is 209 g/mol.